The summed E-state index contributed by atoms with van der Waals surface area (Å²) in [6.45, 7) is 3.87. The molecule has 0 spiro atoms. The van der Waals surface area contributed by atoms with Gasteiger partial charge in [0, 0.05) is 12.0 Å². The van der Waals surface area contributed by atoms with Crippen LogP contribution in [-0.4, -0.2) is 5.78 Å². The lowest BCUT2D eigenvalue weighted by molar-refractivity contribution is 0.0992. The number of hydrogen-bond acceptors (Lipinski definition) is 1. The fourth-order valence-corrected chi connectivity index (χ4v) is 2.20. The quantitative estimate of drug-likeness (QED) is 0.753. The number of benzene rings is 2. The SMILES string of the molecule is Cc1cccc(C(=O)Cc2cccc(F)c2Cl)c1C. The molecule has 0 aliphatic heterocycles. The highest BCUT2D eigenvalue weighted by Gasteiger charge is 2.14. The summed E-state index contributed by atoms with van der Waals surface area (Å²) in [5.74, 6) is -0.540. The summed E-state index contributed by atoms with van der Waals surface area (Å²) in [4.78, 5) is 12.3. The van der Waals surface area contributed by atoms with Crippen LogP contribution in [0, 0.1) is 19.7 Å². The predicted molar refractivity (Wildman–Crippen MR) is 75.4 cm³/mol. The summed E-state index contributed by atoms with van der Waals surface area (Å²) >= 11 is 5.87. The molecule has 0 heterocycles. The van der Waals surface area contributed by atoms with Gasteiger partial charge < -0.3 is 0 Å². The standard InChI is InChI=1S/C16H14ClFO/c1-10-5-3-7-13(11(10)2)15(19)9-12-6-4-8-14(18)16(12)17/h3-8H,9H2,1-2H3. The second-order valence-corrected chi connectivity index (χ2v) is 4.94. The van der Waals surface area contributed by atoms with Gasteiger partial charge in [-0.05, 0) is 36.6 Å². The number of Topliss-reactive ketones (excluding diaryl/α,β-unsaturated/α-hetero) is 1. The van der Waals surface area contributed by atoms with Gasteiger partial charge in [-0.3, -0.25) is 4.79 Å². The van der Waals surface area contributed by atoms with Crippen molar-refractivity contribution < 1.29 is 9.18 Å². The predicted octanol–water partition coefficient (Wildman–Crippen LogP) is 4.52. The van der Waals surface area contributed by atoms with E-state index in [-0.39, 0.29) is 17.2 Å². The first-order valence-electron chi connectivity index (χ1n) is 6.03. The van der Waals surface area contributed by atoms with Crippen LogP contribution in [0.15, 0.2) is 36.4 Å². The zero-order valence-electron chi connectivity index (χ0n) is 10.8. The zero-order chi connectivity index (χ0) is 14.0. The van der Waals surface area contributed by atoms with E-state index in [0.29, 0.717) is 11.1 Å². The van der Waals surface area contributed by atoms with Crippen LogP contribution in [0.5, 0.6) is 0 Å². The van der Waals surface area contributed by atoms with Crippen LogP contribution < -0.4 is 0 Å². The molecule has 2 aromatic carbocycles. The molecule has 0 aromatic heterocycles. The Balaban J connectivity index is 2.31. The minimum Gasteiger partial charge on any atom is -0.294 e. The second kappa shape index (κ2) is 5.54. The zero-order valence-corrected chi connectivity index (χ0v) is 11.6. The average molecular weight is 277 g/mol. The summed E-state index contributed by atoms with van der Waals surface area (Å²) in [6.07, 6.45) is 0.112. The van der Waals surface area contributed by atoms with Crippen LogP contribution in [0.25, 0.3) is 0 Å². The number of carbonyl (C=O) groups is 1. The van der Waals surface area contributed by atoms with E-state index >= 15 is 0 Å². The Hall–Kier alpha value is -1.67. The maximum absolute atomic E-state index is 13.3. The van der Waals surface area contributed by atoms with Crippen LogP contribution in [0.1, 0.15) is 27.0 Å². The molecular weight excluding hydrogens is 263 g/mol. The molecule has 0 atom stereocenters. The van der Waals surface area contributed by atoms with E-state index in [4.69, 9.17) is 11.6 Å². The highest BCUT2D eigenvalue weighted by molar-refractivity contribution is 6.31. The van der Waals surface area contributed by atoms with E-state index in [1.165, 1.54) is 6.07 Å². The molecule has 0 aliphatic rings. The molecule has 0 bridgehead atoms. The molecule has 1 nitrogen and oxygen atoms in total. The Morgan fingerprint density at radius 1 is 1.16 bits per heavy atom. The van der Waals surface area contributed by atoms with Gasteiger partial charge in [-0.25, -0.2) is 4.39 Å². The van der Waals surface area contributed by atoms with Gasteiger partial charge in [0.2, 0.25) is 0 Å². The average Bonchev–Trinajstić information content (AvgIpc) is 2.38. The van der Waals surface area contributed by atoms with Gasteiger partial charge in [0.15, 0.2) is 5.78 Å². The number of hydrogen-bond donors (Lipinski definition) is 0. The first kappa shape index (κ1) is 13.8. The molecule has 0 radical (unpaired) electrons. The molecule has 98 valence electrons. The highest BCUT2D eigenvalue weighted by Crippen LogP contribution is 2.22. The van der Waals surface area contributed by atoms with Gasteiger partial charge in [-0.1, -0.05) is 41.9 Å². The topological polar surface area (TPSA) is 17.1 Å². The summed E-state index contributed by atoms with van der Waals surface area (Å²) in [7, 11) is 0. The Morgan fingerprint density at radius 3 is 2.58 bits per heavy atom. The van der Waals surface area contributed by atoms with Gasteiger partial charge >= 0.3 is 0 Å². The van der Waals surface area contributed by atoms with Gasteiger partial charge in [-0.2, -0.15) is 0 Å². The highest BCUT2D eigenvalue weighted by atomic mass is 35.5. The van der Waals surface area contributed by atoms with Crippen LogP contribution in [0.4, 0.5) is 4.39 Å². The first-order valence-corrected chi connectivity index (χ1v) is 6.41. The van der Waals surface area contributed by atoms with Crippen molar-refractivity contribution in [3.8, 4) is 0 Å². The second-order valence-electron chi connectivity index (χ2n) is 4.56. The molecule has 0 saturated heterocycles. The summed E-state index contributed by atoms with van der Waals surface area (Å²) in [5.41, 5.74) is 3.21. The Bertz CT molecular complexity index is 635. The Kier molecular flexibility index (Phi) is 4.01. The normalized spacial score (nSPS) is 10.5. The summed E-state index contributed by atoms with van der Waals surface area (Å²) in [5, 5.41) is 0.0288. The number of ketones is 1. The molecule has 2 rings (SSSR count). The van der Waals surface area contributed by atoms with Crippen molar-refractivity contribution in [1.82, 2.24) is 0 Å². The molecule has 0 fully saturated rings. The van der Waals surface area contributed by atoms with Crippen molar-refractivity contribution in [2.24, 2.45) is 0 Å². The van der Waals surface area contributed by atoms with E-state index in [1.54, 1.807) is 18.2 Å². The van der Waals surface area contributed by atoms with Crippen molar-refractivity contribution in [1.29, 1.82) is 0 Å². The van der Waals surface area contributed by atoms with Gasteiger partial charge in [-0.15, -0.1) is 0 Å². The van der Waals surface area contributed by atoms with Crippen LogP contribution in [0.2, 0.25) is 5.02 Å². The molecule has 3 heteroatoms. The molecule has 0 aliphatic carbocycles. The molecule has 19 heavy (non-hydrogen) atoms. The van der Waals surface area contributed by atoms with E-state index < -0.39 is 5.82 Å². The maximum atomic E-state index is 13.3. The number of halogens is 2. The van der Waals surface area contributed by atoms with E-state index in [9.17, 15) is 9.18 Å². The third kappa shape index (κ3) is 2.85. The van der Waals surface area contributed by atoms with Gasteiger partial charge in [0.1, 0.15) is 5.82 Å². The van der Waals surface area contributed by atoms with Gasteiger partial charge in [0.05, 0.1) is 5.02 Å². The molecule has 0 unspecified atom stereocenters. The molecule has 0 N–H and O–H groups in total. The molecule has 0 saturated carbocycles. The number of rotatable bonds is 3. The summed E-state index contributed by atoms with van der Waals surface area (Å²) < 4.78 is 13.3. The lowest BCUT2D eigenvalue weighted by Crippen LogP contribution is -2.07. The maximum Gasteiger partial charge on any atom is 0.167 e. The number of carbonyl (C=O) groups excluding carboxylic acids is 1. The molecular formula is C16H14ClFO. The van der Waals surface area contributed by atoms with Crippen LogP contribution in [-0.2, 0) is 6.42 Å². The lowest BCUT2D eigenvalue weighted by atomic mass is 9.96. The fraction of sp³-hybridized carbons (Fsp3) is 0.188. The van der Waals surface area contributed by atoms with Crippen molar-refractivity contribution in [3.05, 3.63) is 69.5 Å². The lowest BCUT2D eigenvalue weighted by Gasteiger charge is -2.09. The van der Waals surface area contributed by atoms with Crippen LogP contribution >= 0.6 is 11.6 Å². The van der Waals surface area contributed by atoms with E-state index in [1.807, 2.05) is 26.0 Å². The molecule has 0 amide bonds. The van der Waals surface area contributed by atoms with Gasteiger partial charge in [0.25, 0.3) is 0 Å². The van der Waals surface area contributed by atoms with Crippen LogP contribution in [0.3, 0.4) is 0 Å². The smallest absolute Gasteiger partial charge is 0.167 e. The van der Waals surface area contributed by atoms with Crippen molar-refractivity contribution in [2.75, 3.05) is 0 Å². The minimum absolute atomic E-state index is 0.0288. The fourth-order valence-electron chi connectivity index (χ4n) is 2.01. The van der Waals surface area contributed by atoms with Crippen molar-refractivity contribution in [2.45, 2.75) is 20.3 Å². The van der Waals surface area contributed by atoms with E-state index in [2.05, 4.69) is 0 Å². The van der Waals surface area contributed by atoms with E-state index in [0.717, 1.165) is 11.1 Å². The Labute approximate surface area is 117 Å². The first-order chi connectivity index (χ1) is 9.00. The van der Waals surface area contributed by atoms with Crippen molar-refractivity contribution in [3.63, 3.8) is 0 Å². The molecule has 2 aromatic rings. The third-order valence-corrected chi connectivity index (χ3v) is 3.71. The monoisotopic (exact) mass is 276 g/mol. The largest absolute Gasteiger partial charge is 0.294 e. The third-order valence-electron chi connectivity index (χ3n) is 3.29. The number of aryl methyl sites for hydroxylation is 1. The minimum atomic E-state index is -0.493. The summed E-state index contributed by atoms with van der Waals surface area (Å²) in [6, 6.07) is 10.1. The Morgan fingerprint density at radius 2 is 1.84 bits per heavy atom. The van der Waals surface area contributed by atoms with Crippen molar-refractivity contribution >= 4 is 17.4 Å².